The van der Waals surface area contributed by atoms with Crippen molar-refractivity contribution >= 4 is 24.7 Å². The van der Waals surface area contributed by atoms with Gasteiger partial charge in [-0.25, -0.2) is 19.7 Å². The molecule has 1 aliphatic rings. The number of hydrogen-bond acceptors (Lipinski definition) is 9. The minimum Gasteiger partial charge on any atom is -0.479 e. The summed E-state index contributed by atoms with van der Waals surface area (Å²) in [6.45, 7) is 2.74. The van der Waals surface area contributed by atoms with Crippen molar-refractivity contribution in [1.29, 1.82) is 0 Å². The van der Waals surface area contributed by atoms with Crippen molar-refractivity contribution in [2.75, 3.05) is 6.61 Å². The van der Waals surface area contributed by atoms with E-state index in [1.807, 2.05) is 0 Å². The van der Waals surface area contributed by atoms with Crippen LogP contribution in [0.1, 0.15) is 17.7 Å². The summed E-state index contributed by atoms with van der Waals surface area (Å²) in [6, 6.07) is 0. The number of carboxylic acids is 1. The van der Waals surface area contributed by atoms with Crippen LogP contribution in [0.3, 0.4) is 0 Å². The van der Waals surface area contributed by atoms with E-state index in [9.17, 15) is 19.6 Å². The number of aryl methyl sites for hydroxylation is 2. The lowest BCUT2D eigenvalue weighted by atomic mass is 10.1. The van der Waals surface area contributed by atoms with Gasteiger partial charge in [0.1, 0.15) is 29.7 Å². The molecule has 0 aliphatic carbocycles. The van der Waals surface area contributed by atoms with Crippen LogP contribution >= 0.6 is 7.60 Å². The molecule has 2 aromatic rings. The van der Waals surface area contributed by atoms with E-state index in [-0.39, 0.29) is 0 Å². The average molecular weight is 418 g/mol. The van der Waals surface area contributed by atoms with Gasteiger partial charge in [-0.3, -0.25) is 9.13 Å². The Hall–Kier alpha value is -1.99. The number of hydrogen-bond donors (Lipinski definition) is 5. The van der Waals surface area contributed by atoms with Crippen molar-refractivity contribution in [3.8, 4) is 0 Å². The number of nitrogens with zero attached hydrogens (tertiary/aromatic N) is 4. The zero-order chi connectivity index (χ0) is 20.8. The quantitative estimate of drug-likeness (QED) is 0.347. The van der Waals surface area contributed by atoms with E-state index in [1.165, 1.54) is 10.9 Å². The molecule has 3 rings (SSSR count). The Balaban J connectivity index is 1.81. The highest BCUT2D eigenvalue weighted by molar-refractivity contribution is 7.53. The number of rotatable bonds is 6. The molecule has 0 bridgehead atoms. The average Bonchev–Trinajstić information content (AvgIpc) is 3.09. The smallest absolute Gasteiger partial charge is 0.365 e. The zero-order valence-corrected chi connectivity index (χ0v) is 15.7. The van der Waals surface area contributed by atoms with E-state index in [4.69, 9.17) is 24.4 Å². The molecule has 5 N–H and O–H groups in total. The minimum absolute atomic E-state index is 0.362. The van der Waals surface area contributed by atoms with Gasteiger partial charge in [0.15, 0.2) is 11.9 Å². The molecule has 28 heavy (non-hydrogen) atoms. The lowest BCUT2D eigenvalue weighted by molar-refractivity contribution is -0.149. The van der Waals surface area contributed by atoms with Gasteiger partial charge in [-0.1, -0.05) is 0 Å². The second-order valence-corrected chi connectivity index (χ2v) is 7.99. The van der Waals surface area contributed by atoms with Gasteiger partial charge >= 0.3 is 13.6 Å². The summed E-state index contributed by atoms with van der Waals surface area (Å²) in [4.78, 5) is 41.7. The standard InChI is InChI=1S/C14H19N4O9P/c1-5-8-11(17-6(2)16-5)18(4-15-8)12-10(20)9(19)7(27-12)3-26-14(13(21)22)28(23,24)25/h4,7,9-10,12,14,19-20H,3H2,1-2H3,(H,21,22)(H2,23,24,25)/t7-,9+,10-,12-,14?/m1/s1. The first-order chi connectivity index (χ1) is 13.0. The Bertz CT molecular complexity index is 944. The molecule has 0 amide bonds. The van der Waals surface area contributed by atoms with Crippen LogP contribution in [0.25, 0.3) is 11.2 Å². The van der Waals surface area contributed by atoms with Crippen molar-refractivity contribution in [2.24, 2.45) is 0 Å². The Morgan fingerprint density at radius 2 is 2.00 bits per heavy atom. The van der Waals surface area contributed by atoms with E-state index < -0.39 is 50.6 Å². The van der Waals surface area contributed by atoms with Gasteiger partial charge in [0.05, 0.1) is 18.6 Å². The highest BCUT2D eigenvalue weighted by Gasteiger charge is 2.46. The number of fused-ring (bicyclic) bond motifs is 1. The van der Waals surface area contributed by atoms with Crippen LogP contribution in [0.5, 0.6) is 0 Å². The summed E-state index contributed by atoms with van der Waals surface area (Å²) in [5.41, 5.74) is 1.45. The van der Waals surface area contributed by atoms with E-state index in [2.05, 4.69) is 15.0 Å². The van der Waals surface area contributed by atoms with Crippen LogP contribution < -0.4 is 0 Å². The topological polar surface area (TPSA) is 197 Å². The molecular formula is C14H19N4O9P. The first-order valence-corrected chi connectivity index (χ1v) is 9.78. The number of aliphatic carboxylic acids is 1. The van der Waals surface area contributed by atoms with E-state index in [0.29, 0.717) is 22.7 Å². The normalized spacial score (nSPS) is 26.6. The minimum atomic E-state index is -5.08. The van der Waals surface area contributed by atoms with Crippen LogP contribution in [0.15, 0.2) is 6.33 Å². The molecule has 1 unspecified atom stereocenters. The highest BCUT2D eigenvalue weighted by atomic mass is 31.2. The molecule has 0 aromatic carbocycles. The molecule has 1 aliphatic heterocycles. The number of aromatic nitrogens is 4. The van der Waals surface area contributed by atoms with Crippen LogP contribution in [-0.2, 0) is 18.8 Å². The molecule has 0 radical (unpaired) electrons. The third kappa shape index (κ3) is 3.78. The summed E-state index contributed by atoms with van der Waals surface area (Å²) in [5, 5.41) is 29.4. The Morgan fingerprint density at radius 1 is 1.32 bits per heavy atom. The van der Waals surface area contributed by atoms with Crippen molar-refractivity contribution < 1.29 is 43.9 Å². The fraction of sp³-hybridized carbons (Fsp3) is 0.571. The van der Waals surface area contributed by atoms with E-state index in [1.54, 1.807) is 13.8 Å². The van der Waals surface area contributed by atoms with Crippen molar-refractivity contribution in [2.45, 2.75) is 44.2 Å². The highest BCUT2D eigenvalue weighted by Crippen LogP contribution is 2.42. The van der Waals surface area contributed by atoms with Gasteiger partial charge in [0.25, 0.3) is 5.85 Å². The second kappa shape index (κ2) is 7.44. The molecule has 1 fully saturated rings. The molecule has 0 spiro atoms. The predicted octanol–water partition coefficient (Wildman–Crippen LogP) is -1.33. The first-order valence-electron chi connectivity index (χ1n) is 8.09. The second-order valence-electron chi connectivity index (χ2n) is 6.34. The number of aliphatic hydroxyl groups excluding tert-OH is 2. The molecule has 3 heterocycles. The Labute approximate surface area is 157 Å². The lowest BCUT2D eigenvalue weighted by Gasteiger charge is -2.19. The number of imidazole rings is 1. The van der Waals surface area contributed by atoms with Crippen molar-refractivity contribution in [3.63, 3.8) is 0 Å². The Kier molecular flexibility index (Phi) is 5.51. The van der Waals surface area contributed by atoms with Gasteiger partial charge in [0, 0.05) is 0 Å². The van der Waals surface area contributed by atoms with Gasteiger partial charge < -0.3 is 34.6 Å². The number of aliphatic hydroxyl groups is 2. The van der Waals surface area contributed by atoms with Gasteiger partial charge in [-0.2, -0.15) is 0 Å². The van der Waals surface area contributed by atoms with Gasteiger partial charge in [-0.05, 0) is 13.8 Å². The molecular weight excluding hydrogens is 399 g/mol. The van der Waals surface area contributed by atoms with Crippen LogP contribution in [0, 0.1) is 13.8 Å². The molecule has 1 saturated heterocycles. The zero-order valence-electron chi connectivity index (χ0n) is 14.8. The predicted molar refractivity (Wildman–Crippen MR) is 90.1 cm³/mol. The van der Waals surface area contributed by atoms with E-state index >= 15 is 0 Å². The number of ether oxygens (including phenoxy) is 2. The lowest BCUT2D eigenvalue weighted by Crippen LogP contribution is -2.36. The van der Waals surface area contributed by atoms with Crippen molar-refractivity contribution in [3.05, 3.63) is 17.8 Å². The molecule has 154 valence electrons. The van der Waals surface area contributed by atoms with Crippen LogP contribution in [0.4, 0.5) is 0 Å². The molecule has 2 aromatic heterocycles. The summed E-state index contributed by atoms with van der Waals surface area (Å²) in [7, 11) is -5.08. The fourth-order valence-corrected chi connectivity index (χ4v) is 3.54. The van der Waals surface area contributed by atoms with Gasteiger partial charge in [0.2, 0.25) is 0 Å². The van der Waals surface area contributed by atoms with Crippen LogP contribution in [0.2, 0.25) is 0 Å². The number of carboxylic acid groups (broad SMARTS) is 1. The molecule has 14 heteroatoms. The number of carbonyl (C=O) groups is 1. The SMILES string of the molecule is Cc1nc(C)c2ncn([C@@H]3O[C@H](COC(C(=O)O)P(=O)(O)O)[C@H](O)[C@H]3O)c2n1. The third-order valence-corrected chi connectivity index (χ3v) is 5.23. The summed E-state index contributed by atoms with van der Waals surface area (Å²) < 4.78 is 22.9. The fourth-order valence-electron chi connectivity index (χ4n) is 2.98. The summed E-state index contributed by atoms with van der Waals surface area (Å²) >= 11 is 0. The maximum atomic E-state index is 11.2. The molecule has 13 nitrogen and oxygen atoms in total. The largest absolute Gasteiger partial charge is 0.479 e. The third-order valence-electron chi connectivity index (χ3n) is 4.25. The molecule has 5 atom stereocenters. The van der Waals surface area contributed by atoms with Crippen LogP contribution in [-0.4, -0.2) is 81.4 Å². The van der Waals surface area contributed by atoms with Gasteiger partial charge in [-0.15, -0.1) is 0 Å². The summed E-state index contributed by atoms with van der Waals surface area (Å²) in [5.74, 6) is -3.81. The monoisotopic (exact) mass is 418 g/mol. The first kappa shape index (κ1) is 20.7. The summed E-state index contributed by atoms with van der Waals surface area (Å²) in [6.07, 6.45) is -3.96. The molecule has 0 saturated carbocycles. The maximum absolute atomic E-state index is 11.2. The maximum Gasteiger partial charge on any atom is 0.365 e. The Morgan fingerprint density at radius 3 is 2.61 bits per heavy atom. The van der Waals surface area contributed by atoms with E-state index in [0.717, 1.165) is 0 Å². The van der Waals surface area contributed by atoms with Crippen molar-refractivity contribution in [1.82, 2.24) is 19.5 Å².